The second-order valence-corrected chi connectivity index (χ2v) is 7.12. The molecule has 1 aliphatic heterocycles. The van der Waals surface area contributed by atoms with Crippen molar-refractivity contribution < 1.29 is 14.3 Å². The Morgan fingerprint density at radius 2 is 1.92 bits per heavy atom. The molecule has 4 nitrogen and oxygen atoms in total. The summed E-state index contributed by atoms with van der Waals surface area (Å²) in [5, 5.41) is 0.500. The minimum Gasteiger partial charge on any atom is -0.479 e. The molecule has 2 aromatic carbocycles. The van der Waals surface area contributed by atoms with Crippen LogP contribution in [0, 0.1) is 6.92 Å². The van der Waals surface area contributed by atoms with Gasteiger partial charge in [-0.3, -0.25) is 4.79 Å². The molecular weight excluding hydrogens is 350 g/mol. The van der Waals surface area contributed by atoms with Crippen molar-refractivity contribution in [2.45, 2.75) is 39.0 Å². The third kappa shape index (κ3) is 4.02. The van der Waals surface area contributed by atoms with Crippen LogP contribution in [0.25, 0.3) is 0 Å². The molecule has 0 unspecified atom stereocenters. The van der Waals surface area contributed by atoms with Crippen LogP contribution in [0.1, 0.15) is 31.1 Å². The van der Waals surface area contributed by atoms with Gasteiger partial charge in [0.05, 0.1) is 24.2 Å². The first-order valence-electron chi connectivity index (χ1n) is 8.86. The molecule has 0 bridgehead atoms. The van der Waals surface area contributed by atoms with Crippen LogP contribution in [-0.4, -0.2) is 36.1 Å². The summed E-state index contributed by atoms with van der Waals surface area (Å²) in [6.07, 6.45) is -0.739. The van der Waals surface area contributed by atoms with E-state index in [4.69, 9.17) is 21.1 Å². The van der Waals surface area contributed by atoms with Gasteiger partial charge in [-0.15, -0.1) is 0 Å². The van der Waals surface area contributed by atoms with Gasteiger partial charge in [0.25, 0.3) is 5.91 Å². The number of halogens is 1. The summed E-state index contributed by atoms with van der Waals surface area (Å²) in [6, 6.07) is 15.3. The van der Waals surface area contributed by atoms with Crippen molar-refractivity contribution in [3.63, 3.8) is 0 Å². The van der Waals surface area contributed by atoms with Crippen molar-refractivity contribution in [3.05, 3.63) is 64.7 Å². The van der Waals surface area contributed by atoms with Crippen LogP contribution in [0.2, 0.25) is 5.02 Å². The highest BCUT2D eigenvalue weighted by Crippen LogP contribution is 2.29. The van der Waals surface area contributed by atoms with E-state index in [0.717, 1.165) is 5.56 Å². The topological polar surface area (TPSA) is 38.8 Å². The third-order valence-corrected chi connectivity index (χ3v) is 5.05. The number of nitrogens with zero attached hydrogens (tertiary/aromatic N) is 1. The third-order valence-electron chi connectivity index (χ3n) is 4.74. The fourth-order valence-electron chi connectivity index (χ4n) is 3.21. The van der Waals surface area contributed by atoms with Crippen molar-refractivity contribution in [1.82, 2.24) is 4.90 Å². The highest BCUT2D eigenvalue weighted by Gasteiger charge is 2.34. The predicted octanol–water partition coefficient (Wildman–Crippen LogP) is 4.40. The van der Waals surface area contributed by atoms with Gasteiger partial charge in [-0.05, 0) is 44.0 Å². The summed E-state index contributed by atoms with van der Waals surface area (Å²) in [7, 11) is 0. The van der Waals surface area contributed by atoms with Gasteiger partial charge < -0.3 is 14.4 Å². The van der Waals surface area contributed by atoms with E-state index in [0.29, 0.717) is 23.9 Å². The number of rotatable bonds is 4. The average molecular weight is 374 g/mol. The number of amides is 1. The number of carbonyl (C=O) groups excluding carboxylic acids is 1. The summed E-state index contributed by atoms with van der Waals surface area (Å²) in [5.74, 6) is 0.464. The first-order chi connectivity index (χ1) is 12.5. The molecule has 2 aromatic rings. The zero-order valence-corrected chi connectivity index (χ0v) is 16.1. The van der Waals surface area contributed by atoms with Crippen molar-refractivity contribution >= 4 is 17.5 Å². The molecule has 1 heterocycles. The van der Waals surface area contributed by atoms with Gasteiger partial charge in [0, 0.05) is 0 Å². The van der Waals surface area contributed by atoms with Gasteiger partial charge in [-0.1, -0.05) is 48.0 Å². The molecule has 5 heteroatoms. The SMILES string of the molecule is Cc1ccccc1[C@@H]1CN(C(=O)[C@@H](C)Oc2ccccc2Cl)[C@@H](C)CO1. The van der Waals surface area contributed by atoms with Crippen LogP contribution < -0.4 is 4.74 Å². The number of hydrogen-bond donors (Lipinski definition) is 0. The molecule has 1 saturated heterocycles. The van der Waals surface area contributed by atoms with Gasteiger partial charge in [0.1, 0.15) is 11.9 Å². The molecule has 26 heavy (non-hydrogen) atoms. The normalized spacial score (nSPS) is 21.3. The lowest BCUT2D eigenvalue weighted by Crippen LogP contribution is -2.52. The number of hydrogen-bond acceptors (Lipinski definition) is 3. The molecule has 0 radical (unpaired) electrons. The monoisotopic (exact) mass is 373 g/mol. The first kappa shape index (κ1) is 18.7. The van der Waals surface area contributed by atoms with Crippen molar-refractivity contribution in [2.24, 2.45) is 0 Å². The molecule has 1 aliphatic rings. The highest BCUT2D eigenvalue weighted by atomic mass is 35.5. The number of ether oxygens (including phenoxy) is 2. The van der Waals surface area contributed by atoms with E-state index < -0.39 is 6.10 Å². The molecule has 0 saturated carbocycles. The van der Waals surface area contributed by atoms with Gasteiger partial charge in [-0.2, -0.15) is 0 Å². The van der Waals surface area contributed by atoms with Crippen LogP contribution in [0.4, 0.5) is 0 Å². The van der Waals surface area contributed by atoms with Crippen LogP contribution in [0.15, 0.2) is 48.5 Å². The number of morpholine rings is 1. The smallest absolute Gasteiger partial charge is 0.263 e. The maximum Gasteiger partial charge on any atom is 0.263 e. The quantitative estimate of drug-likeness (QED) is 0.797. The number of para-hydroxylation sites is 1. The number of aryl methyl sites for hydroxylation is 1. The largest absolute Gasteiger partial charge is 0.479 e. The highest BCUT2D eigenvalue weighted by molar-refractivity contribution is 6.32. The Morgan fingerprint density at radius 3 is 2.65 bits per heavy atom. The van der Waals surface area contributed by atoms with Crippen LogP contribution >= 0.6 is 11.6 Å². The van der Waals surface area contributed by atoms with Crippen molar-refractivity contribution in [1.29, 1.82) is 0 Å². The van der Waals surface area contributed by atoms with Gasteiger partial charge in [0.15, 0.2) is 6.10 Å². The lowest BCUT2D eigenvalue weighted by molar-refractivity contribution is -0.151. The maximum atomic E-state index is 13.0. The summed E-state index contributed by atoms with van der Waals surface area (Å²) in [5.41, 5.74) is 2.29. The molecular formula is C21H24ClNO3. The second kappa shape index (κ2) is 8.11. The lowest BCUT2D eigenvalue weighted by atomic mass is 10.0. The Labute approximate surface area is 159 Å². The average Bonchev–Trinajstić information content (AvgIpc) is 2.64. The standard InChI is InChI=1S/C21H24ClNO3/c1-14-8-4-5-9-17(14)20-12-23(15(2)13-25-20)21(24)16(3)26-19-11-7-6-10-18(19)22/h4-11,15-16,20H,12-13H2,1-3H3/t15-,16+,20-/m0/s1. The van der Waals surface area contributed by atoms with Crippen LogP contribution in [0.5, 0.6) is 5.75 Å². The Morgan fingerprint density at radius 1 is 1.23 bits per heavy atom. The van der Waals surface area contributed by atoms with Crippen LogP contribution in [0.3, 0.4) is 0 Å². The summed E-state index contributed by atoms with van der Waals surface area (Å²) in [4.78, 5) is 14.8. The van der Waals surface area contributed by atoms with E-state index in [-0.39, 0.29) is 18.1 Å². The summed E-state index contributed by atoms with van der Waals surface area (Å²) < 4.78 is 11.8. The minimum absolute atomic E-state index is 0.0000589. The molecule has 138 valence electrons. The Bertz CT molecular complexity index is 779. The zero-order chi connectivity index (χ0) is 18.7. The van der Waals surface area contributed by atoms with E-state index in [1.54, 1.807) is 19.1 Å². The zero-order valence-electron chi connectivity index (χ0n) is 15.3. The fourth-order valence-corrected chi connectivity index (χ4v) is 3.40. The Kier molecular flexibility index (Phi) is 5.84. The van der Waals surface area contributed by atoms with E-state index in [1.165, 1.54) is 5.56 Å². The number of carbonyl (C=O) groups is 1. The molecule has 0 N–H and O–H groups in total. The van der Waals surface area contributed by atoms with Crippen molar-refractivity contribution in [3.8, 4) is 5.75 Å². The van der Waals surface area contributed by atoms with Gasteiger partial charge in [-0.25, -0.2) is 0 Å². The van der Waals surface area contributed by atoms with E-state index in [9.17, 15) is 4.79 Å². The van der Waals surface area contributed by atoms with E-state index in [1.807, 2.05) is 36.1 Å². The molecule has 3 rings (SSSR count). The fraction of sp³-hybridized carbons (Fsp3) is 0.381. The molecule has 1 amide bonds. The molecule has 0 spiro atoms. The Balaban J connectivity index is 1.73. The van der Waals surface area contributed by atoms with E-state index >= 15 is 0 Å². The molecule has 0 aliphatic carbocycles. The predicted molar refractivity (Wildman–Crippen MR) is 103 cm³/mol. The van der Waals surface area contributed by atoms with E-state index in [2.05, 4.69) is 19.1 Å². The summed E-state index contributed by atoms with van der Waals surface area (Å²) >= 11 is 6.14. The summed E-state index contributed by atoms with van der Waals surface area (Å²) in [6.45, 7) is 6.83. The second-order valence-electron chi connectivity index (χ2n) is 6.71. The Hall–Kier alpha value is -2.04. The maximum absolute atomic E-state index is 13.0. The molecule has 3 atom stereocenters. The van der Waals surface area contributed by atoms with Gasteiger partial charge >= 0.3 is 0 Å². The number of benzene rings is 2. The first-order valence-corrected chi connectivity index (χ1v) is 9.24. The minimum atomic E-state index is -0.618. The molecule has 0 aromatic heterocycles. The molecule has 1 fully saturated rings. The van der Waals surface area contributed by atoms with Crippen molar-refractivity contribution in [2.75, 3.05) is 13.2 Å². The van der Waals surface area contributed by atoms with Crippen LogP contribution in [-0.2, 0) is 9.53 Å². The van der Waals surface area contributed by atoms with Gasteiger partial charge in [0.2, 0.25) is 0 Å². The lowest BCUT2D eigenvalue weighted by Gasteiger charge is -2.39.